The molecule has 2 unspecified atom stereocenters. The predicted molar refractivity (Wildman–Crippen MR) is 142 cm³/mol. The van der Waals surface area contributed by atoms with Crippen LogP contribution in [0.4, 0.5) is 8.78 Å². The highest BCUT2D eigenvalue weighted by molar-refractivity contribution is 5.83. The molecule has 196 valence electrons. The summed E-state index contributed by atoms with van der Waals surface area (Å²) < 4.78 is 32.8. The van der Waals surface area contributed by atoms with Gasteiger partial charge in [-0.15, -0.1) is 0 Å². The molecule has 7 rings (SSSR count). The van der Waals surface area contributed by atoms with Gasteiger partial charge in [-0.1, -0.05) is 61.5 Å². The van der Waals surface area contributed by atoms with E-state index < -0.39 is 23.2 Å². The van der Waals surface area contributed by atoms with E-state index in [1.165, 1.54) is 34.5 Å². The monoisotopic (exact) mass is 505 g/mol. The molecule has 5 heteroatoms. The van der Waals surface area contributed by atoms with Gasteiger partial charge in [0.2, 0.25) is 0 Å². The van der Waals surface area contributed by atoms with Gasteiger partial charge < -0.3 is 14.6 Å². The quantitative estimate of drug-likeness (QED) is 0.316. The van der Waals surface area contributed by atoms with Gasteiger partial charge in [-0.05, 0) is 83.3 Å². The molecule has 37 heavy (non-hydrogen) atoms. The van der Waals surface area contributed by atoms with Gasteiger partial charge in [-0.2, -0.15) is 0 Å². The molecule has 0 aromatic heterocycles. The molecule has 1 saturated heterocycles. The zero-order chi connectivity index (χ0) is 25.6. The van der Waals surface area contributed by atoms with E-state index in [0.717, 1.165) is 38.5 Å². The summed E-state index contributed by atoms with van der Waals surface area (Å²) in [6, 6.07) is 15.2. The number of hydroxylamine groups is 3. The number of nitrogens with zero attached hydrogens (tertiary/aromatic N) is 1. The van der Waals surface area contributed by atoms with Crippen molar-refractivity contribution in [3.8, 4) is 0 Å². The van der Waals surface area contributed by atoms with E-state index in [4.69, 9.17) is 4.74 Å². The Kier molecular flexibility index (Phi) is 5.17. The van der Waals surface area contributed by atoms with Crippen molar-refractivity contribution in [2.45, 2.75) is 87.9 Å². The summed E-state index contributed by atoms with van der Waals surface area (Å²) in [6.45, 7) is 1.84. The average molecular weight is 506 g/mol. The third kappa shape index (κ3) is 3.39. The lowest BCUT2D eigenvalue weighted by atomic mass is 9.58. The van der Waals surface area contributed by atoms with E-state index in [1.807, 2.05) is 0 Å². The van der Waals surface area contributed by atoms with Crippen LogP contribution in [-0.2, 0) is 4.74 Å². The van der Waals surface area contributed by atoms with Crippen molar-refractivity contribution in [3.05, 3.63) is 76.5 Å². The molecule has 2 aromatic rings. The second kappa shape index (κ2) is 7.97. The highest BCUT2D eigenvalue weighted by Crippen LogP contribution is 2.69. The van der Waals surface area contributed by atoms with E-state index in [2.05, 4.69) is 61.5 Å². The second-order valence-electron chi connectivity index (χ2n) is 13.0. The van der Waals surface area contributed by atoms with Crippen LogP contribution < -0.4 is 0 Å². The van der Waals surface area contributed by atoms with Gasteiger partial charge in [0.1, 0.15) is 6.54 Å². The number of fused-ring (bicyclic) bond motifs is 2. The standard InChI is InChI=1S/C32H37F2NO2/c1-30-14-13-25-18-24-9-10-26(35(2,36)20-29(33)34)19-31(24)15-16-32(25,37-31)28(30)12-11-27(30)23-8-7-21-5-3-4-6-22(21)17-23/h3-8,13,17-18,26-29H,9-12,14-16,19-20H2,1-2H3/t26-,27+,28+,30+,31+,32?,35?/m0/s1. The van der Waals surface area contributed by atoms with E-state index in [0.29, 0.717) is 24.7 Å². The summed E-state index contributed by atoms with van der Waals surface area (Å²) in [7, 11) is 1.43. The van der Waals surface area contributed by atoms with Crippen molar-refractivity contribution < 1.29 is 18.2 Å². The molecule has 3 aliphatic carbocycles. The smallest absolute Gasteiger partial charge is 0.286 e. The SMILES string of the molecule is C[C@]12CC=C3C=C4CC[C@H]([N+](C)([O-])CC(F)F)C[C@]45CCC3(O5)[C@@H]1CC[C@@H]2c1ccc2ccccc2c1. The number of hydrogen-bond donors (Lipinski definition) is 0. The Balaban J connectivity index is 1.22. The summed E-state index contributed by atoms with van der Waals surface area (Å²) >= 11 is 0. The maximum absolute atomic E-state index is 13.2. The Morgan fingerprint density at radius 3 is 2.70 bits per heavy atom. The van der Waals surface area contributed by atoms with Crippen LogP contribution in [0.3, 0.4) is 0 Å². The van der Waals surface area contributed by atoms with E-state index in [-0.39, 0.29) is 17.1 Å². The maximum Gasteiger partial charge on any atom is 0.286 e. The number of halogens is 2. The van der Waals surface area contributed by atoms with Crippen LogP contribution in [0, 0.1) is 16.5 Å². The summed E-state index contributed by atoms with van der Waals surface area (Å²) in [4.78, 5) is 0. The second-order valence-corrected chi connectivity index (χ2v) is 13.0. The Bertz CT molecular complexity index is 1320. The number of benzene rings is 2. The number of ether oxygens (including phenoxy) is 1. The zero-order valence-corrected chi connectivity index (χ0v) is 21.9. The van der Waals surface area contributed by atoms with Crippen LogP contribution in [-0.4, -0.2) is 41.9 Å². The van der Waals surface area contributed by atoms with Gasteiger partial charge in [0.25, 0.3) is 6.43 Å². The van der Waals surface area contributed by atoms with E-state index >= 15 is 0 Å². The molecular formula is C32H37F2NO2. The van der Waals surface area contributed by atoms with Crippen molar-refractivity contribution in [3.63, 3.8) is 0 Å². The van der Waals surface area contributed by atoms with Crippen molar-refractivity contribution in [2.75, 3.05) is 13.6 Å². The van der Waals surface area contributed by atoms with Crippen molar-refractivity contribution >= 4 is 10.8 Å². The fourth-order valence-electron chi connectivity index (χ4n) is 9.24. The van der Waals surface area contributed by atoms with Crippen molar-refractivity contribution in [1.29, 1.82) is 0 Å². The maximum atomic E-state index is 13.2. The number of rotatable bonds is 4. The molecule has 2 aromatic carbocycles. The van der Waals surface area contributed by atoms with Crippen molar-refractivity contribution in [1.82, 2.24) is 0 Å². The number of allylic oxidation sites excluding steroid dienone is 1. The summed E-state index contributed by atoms with van der Waals surface area (Å²) in [5.41, 5.74) is 3.43. The summed E-state index contributed by atoms with van der Waals surface area (Å²) in [5.74, 6) is 0.898. The van der Waals surface area contributed by atoms with Crippen molar-refractivity contribution in [2.24, 2.45) is 11.3 Å². The Morgan fingerprint density at radius 2 is 1.89 bits per heavy atom. The molecule has 0 amide bonds. The van der Waals surface area contributed by atoms with Crippen LogP contribution in [0.1, 0.15) is 69.8 Å². The largest absolute Gasteiger partial charge is 0.633 e. The number of alkyl halides is 2. The fraction of sp³-hybridized carbons (Fsp3) is 0.562. The predicted octanol–water partition coefficient (Wildman–Crippen LogP) is 7.66. The van der Waals surface area contributed by atoms with Gasteiger partial charge in [-0.3, -0.25) is 0 Å². The topological polar surface area (TPSA) is 32.3 Å². The summed E-state index contributed by atoms with van der Waals surface area (Å²) in [5, 5.41) is 15.8. The minimum absolute atomic E-state index is 0.107. The first-order valence-corrected chi connectivity index (χ1v) is 14.1. The molecule has 0 N–H and O–H groups in total. The molecule has 5 aliphatic rings. The van der Waals surface area contributed by atoms with Crippen LogP contribution in [0.15, 0.2) is 65.8 Å². The Labute approximate surface area is 218 Å². The first-order chi connectivity index (χ1) is 17.7. The highest BCUT2D eigenvalue weighted by atomic mass is 19.3. The molecule has 2 heterocycles. The molecule has 3 nitrogen and oxygen atoms in total. The zero-order valence-electron chi connectivity index (χ0n) is 21.9. The van der Waals surface area contributed by atoms with Gasteiger partial charge >= 0.3 is 0 Å². The minimum atomic E-state index is -2.58. The lowest BCUT2D eigenvalue weighted by Gasteiger charge is -2.56. The first kappa shape index (κ1) is 24.0. The molecular weight excluding hydrogens is 468 g/mol. The van der Waals surface area contributed by atoms with Gasteiger partial charge in [0.05, 0.1) is 24.3 Å². The molecule has 2 spiro atoms. The van der Waals surface area contributed by atoms with E-state index in [9.17, 15) is 14.0 Å². The Morgan fingerprint density at radius 1 is 1.08 bits per heavy atom. The normalized spacial score (nSPS) is 40.0. The lowest BCUT2D eigenvalue weighted by Crippen LogP contribution is -2.58. The molecule has 2 bridgehead atoms. The van der Waals surface area contributed by atoms with Crippen LogP contribution in [0.2, 0.25) is 0 Å². The average Bonchev–Trinajstić information content (AvgIpc) is 3.37. The lowest BCUT2D eigenvalue weighted by molar-refractivity contribution is -0.892. The van der Waals surface area contributed by atoms with Crippen LogP contribution in [0.25, 0.3) is 10.8 Å². The third-order valence-corrected chi connectivity index (χ3v) is 11.1. The molecule has 2 saturated carbocycles. The van der Waals surface area contributed by atoms with Gasteiger partial charge in [0.15, 0.2) is 0 Å². The molecule has 7 atom stereocenters. The summed E-state index contributed by atoms with van der Waals surface area (Å²) in [6.07, 6.45) is 9.48. The minimum Gasteiger partial charge on any atom is -0.633 e. The van der Waals surface area contributed by atoms with Crippen LogP contribution >= 0.6 is 0 Å². The third-order valence-electron chi connectivity index (χ3n) is 11.1. The van der Waals surface area contributed by atoms with E-state index in [1.54, 1.807) is 0 Å². The number of quaternary nitrogens is 1. The molecule has 2 aliphatic heterocycles. The number of hydrogen-bond acceptors (Lipinski definition) is 2. The highest BCUT2D eigenvalue weighted by Gasteiger charge is 2.67. The van der Waals surface area contributed by atoms with Crippen LogP contribution in [0.5, 0.6) is 0 Å². The first-order valence-electron chi connectivity index (χ1n) is 14.1. The fourth-order valence-corrected chi connectivity index (χ4v) is 9.24. The van der Waals surface area contributed by atoms with Gasteiger partial charge in [-0.25, -0.2) is 8.78 Å². The van der Waals surface area contributed by atoms with Gasteiger partial charge in [0, 0.05) is 12.8 Å². The Hall–Kier alpha value is -2.08. The molecule has 0 radical (unpaired) electrons. The molecule has 3 fully saturated rings.